The van der Waals surface area contributed by atoms with Gasteiger partial charge in [0, 0.05) is 5.39 Å². The van der Waals surface area contributed by atoms with E-state index in [9.17, 15) is 20.4 Å². The SMILES string of the molecule is OC[C@H]1OC(Oc2cccc3ccccc23)[C@H](O)[C@@H](O)[C@@H]1O. The Morgan fingerprint density at radius 1 is 0.909 bits per heavy atom. The molecule has 0 aliphatic carbocycles. The van der Waals surface area contributed by atoms with Crippen molar-refractivity contribution in [3.8, 4) is 5.75 Å². The number of rotatable bonds is 3. The van der Waals surface area contributed by atoms with E-state index in [-0.39, 0.29) is 0 Å². The molecule has 0 aromatic heterocycles. The monoisotopic (exact) mass is 306 g/mol. The van der Waals surface area contributed by atoms with Crippen LogP contribution in [0.3, 0.4) is 0 Å². The highest BCUT2D eigenvalue weighted by atomic mass is 16.7. The van der Waals surface area contributed by atoms with Crippen LogP contribution in [-0.4, -0.2) is 57.7 Å². The largest absolute Gasteiger partial charge is 0.461 e. The van der Waals surface area contributed by atoms with Crippen LogP contribution in [0, 0.1) is 0 Å². The molecule has 3 rings (SSSR count). The molecule has 1 aliphatic rings. The molecule has 0 saturated carbocycles. The summed E-state index contributed by atoms with van der Waals surface area (Å²) < 4.78 is 11.0. The van der Waals surface area contributed by atoms with E-state index < -0.39 is 37.3 Å². The van der Waals surface area contributed by atoms with Gasteiger partial charge >= 0.3 is 0 Å². The number of benzene rings is 2. The van der Waals surface area contributed by atoms with Gasteiger partial charge in [0.05, 0.1) is 6.61 Å². The zero-order valence-electron chi connectivity index (χ0n) is 11.7. The molecule has 1 heterocycles. The normalized spacial score (nSPS) is 32.1. The fourth-order valence-corrected chi connectivity index (χ4v) is 2.59. The number of hydrogen-bond donors (Lipinski definition) is 4. The summed E-state index contributed by atoms with van der Waals surface area (Å²) in [7, 11) is 0. The first-order valence-electron chi connectivity index (χ1n) is 7.07. The minimum absolute atomic E-state index is 0.486. The Bertz CT molecular complexity index is 638. The maximum Gasteiger partial charge on any atom is 0.229 e. The lowest BCUT2D eigenvalue weighted by atomic mass is 9.99. The van der Waals surface area contributed by atoms with Crippen molar-refractivity contribution >= 4 is 10.8 Å². The third kappa shape index (κ3) is 2.67. The number of aliphatic hydroxyl groups is 4. The molecule has 118 valence electrons. The second-order valence-corrected chi connectivity index (χ2v) is 5.29. The first-order chi connectivity index (χ1) is 10.6. The summed E-state index contributed by atoms with van der Waals surface area (Å²) in [5.74, 6) is 0.488. The van der Waals surface area contributed by atoms with Crippen LogP contribution in [-0.2, 0) is 4.74 Å². The van der Waals surface area contributed by atoms with Gasteiger partial charge < -0.3 is 29.9 Å². The van der Waals surface area contributed by atoms with Gasteiger partial charge in [-0.2, -0.15) is 0 Å². The van der Waals surface area contributed by atoms with Gasteiger partial charge in [-0.3, -0.25) is 0 Å². The molecule has 2 aromatic rings. The number of ether oxygens (including phenoxy) is 2. The molecule has 2 aromatic carbocycles. The first-order valence-corrected chi connectivity index (χ1v) is 7.07. The van der Waals surface area contributed by atoms with Gasteiger partial charge in [0.2, 0.25) is 6.29 Å². The lowest BCUT2D eigenvalue weighted by Gasteiger charge is -2.39. The molecule has 1 fully saturated rings. The Morgan fingerprint density at radius 3 is 2.41 bits per heavy atom. The van der Waals surface area contributed by atoms with E-state index in [1.807, 2.05) is 36.4 Å². The van der Waals surface area contributed by atoms with E-state index in [4.69, 9.17) is 9.47 Å². The molecule has 1 unspecified atom stereocenters. The maximum absolute atomic E-state index is 10.0. The number of hydrogen-bond acceptors (Lipinski definition) is 6. The Balaban J connectivity index is 1.87. The van der Waals surface area contributed by atoms with Crippen LogP contribution in [0.5, 0.6) is 5.75 Å². The number of fused-ring (bicyclic) bond motifs is 1. The van der Waals surface area contributed by atoms with Gasteiger partial charge in [-0.1, -0.05) is 36.4 Å². The van der Waals surface area contributed by atoms with Crippen LogP contribution in [0.4, 0.5) is 0 Å². The van der Waals surface area contributed by atoms with E-state index in [1.165, 1.54) is 0 Å². The van der Waals surface area contributed by atoms with Crippen molar-refractivity contribution in [2.24, 2.45) is 0 Å². The van der Waals surface area contributed by atoms with E-state index in [1.54, 1.807) is 6.07 Å². The summed E-state index contributed by atoms with van der Waals surface area (Å²) in [5, 5.41) is 40.5. The zero-order valence-corrected chi connectivity index (χ0v) is 11.7. The zero-order chi connectivity index (χ0) is 15.7. The fourth-order valence-electron chi connectivity index (χ4n) is 2.59. The van der Waals surface area contributed by atoms with Gasteiger partial charge in [0.15, 0.2) is 0 Å². The fraction of sp³-hybridized carbons (Fsp3) is 0.375. The molecule has 22 heavy (non-hydrogen) atoms. The van der Waals surface area contributed by atoms with Crippen LogP contribution in [0.15, 0.2) is 42.5 Å². The molecule has 5 atom stereocenters. The van der Waals surface area contributed by atoms with Crippen LogP contribution in [0.1, 0.15) is 0 Å². The Hall–Kier alpha value is -1.70. The second-order valence-electron chi connectivity index (χ2n) is 5.29. The van der Waals surface area contributed by atoms with Gasteiger partial charge in [-0.05, 0) is 11.5 Å². The minimum Gasteiger partial charge on any atom is -0.461 e. The predicted octanol–water partition coefficient (Wildman–Crippen LogP) is 0.0185. The molecule has 6 nitrogen and oxygen atoms in total. The van der Waals surface area contributed by atoms with E-state index >= 15 is 0 Å². The van der Waals surface area contributed by atoms with Crippen LogP contribution < -0.4 is 4.74 Å². The van der Waals surface area contributed by atoms with Gasteiger partial charge in [0.1, 0.15) is 30.2 Å². The summed E-state index contributed by atoms with van der Waals surface area (Å²) >= 11 is 0. The lowest BCUT2D eigenvalue weighted by Crippen LogP contribution is -2.60. The van der Waals surface area contributed by atoms with Crippen molar-refractivity contribution in [2.75, 3.05) is 6.61 Å². The third-order valence-electron chi connectivity index (χ3n) is 3.84. The third-order valence-corrected chi connectivity index (χ3v) is 3.84. The molecule has 4 N–H and O–H groups in total. The number of aliphatic hydroxyl groups excluding tert-OH is 4. The summed E-state index contributed by atoms with van der Waals surface area (Å²) in [6.45, 7) is -0.486. The molecule has 1 saturated heterocycles. The summed E-state index contributed by atoms with van der Waals surface area (Å²) in [4.78, 5) is 0. The molecule has 0 radical (unpaired) electrons. The summed E-state index contributed by atoms with van der Waals surface area (Å²) in [6, 6.07) is 13.0. The molecular formula is C16H18O6. The second kappa shape index (κ2) is 6.20. The van der Waals surface area contributed by atoms with Crippen molar-refractivity contribution in [1.82, 2.24) is 0 Å². The molecule has 0 amide bonds. The summed E-state index contributed by atoms with van der Waals surface area (Å²) in [6.07, 6.45) is -6.44. The Labute approximate surface area is 127 Å². The quantitative estimate of drug-likeness (QED) is 0.638. The van der Waals surface area contributed by atoms with Crippen LogP contribution in [0.25, 0.3) is 10.8 Å². The van der Waals surface area contributed by atoms with Gasteiger partial charge in [-0.25, -0.2) is 0 Å². The minimum atomic E-state index is -1.45. The average molecular weight is 306 g/mol. The standard InChI is InChI=1S/C16H18O6/c17-8-12-13(18)14(19)15(20)16(22-12)21-11-7-3-5-9-4-1-2-6-10(9)11/h1-7,12-20H,8H2/t12-,13-,14+,15-,16?/m1/s1. The lowest BCUT2D eigenvalue weighted by molar-refractivity contribution is -0.277. The highest BCUT2D eigenvalue weighted by Gasteiger charge is 2.44. The average Bonchev–Trinajstić information content (AvgIpc) is 2.55. The smallest absolute Gasteiger partial charge is 0.229 e. The van der Waals surface area contributed by atoms with Crippen molar-refractivity contribution in [3.63, 3.8) is 0 Å². The van der Waals surface area contributed by atoms with Gasteiger partial charge in [-0.15, -0.1) is 0 Å². The Kier molecular flexibility index (Phi) is 4.28. The highest BCUT2D eigenvalue weighted by molar-refractivity contribution is 5.88. The molecule has 6 heteroatoms. The van der Waals surface area contributed by atoms with E-state index in [0.29, 0.717) is 5.75 Å². The van der Waals surface area contributed by atoms with Crippen molar-refractivity contribution < 1.29 is 29.9 Å². The molecular weight excluding hydrogens is 288 g/mol. The van der Waals surface area contributed by atoms with Crippen LogP contribution in [0.2, 0.25) is 0 Å². The highest BCUT2D eigenvalue weighted by Crippen LogP contribution is 2.29. The van der Waals surface area contributed by atoms with Gasteiger partial charge in [0.25, 0.3) is 0 Å². The van der Waals surface area contributed by atoms with E-state index in [2.05, 4.69) is 0 Å². The maximum atomic E-state index is 10.0. The van der Waals surface area contributed by atoms with Crippen LogP contribution >= 0.6 is 0 Å². The molecule has 0 bridgehead atoms. The van der Waals surface area contributed by atoms with Crippen molar-refractivity contribution in [3.05, 3.63) is 42.5 Å². The van der Waals surface area contributed by atoms with Crippen molar-refractivity contribution in [2.45, 2.75) is 30.7 Å². The topological polar surface area (TPSA) is 99.4 Å². The molecule has 0 spiro atoms. The predicted molar refractivity (Wildman–Crippen MR) is 78.3 cm³/mol. The Morgan fingerprint density at radius 2 is 1.64 bits per heavy atom. The molecule has 1 aliphatic heterocycles. The first kappa shape index (κ1) is 15.2. The van der Waals surface area contributed by atoms with E-state index in [0.717, 1.165) is 10.8 Å². The van der Waals surface area contributed by atoms with Crippen molar-refractivity contribution in [1.29, 1.82) is 0 Å². The summed E-state index contributed by atoms with van der Waals surface area (Å²) in [5.41, 5.74) is 0.